The highest BCUT2D eigenvalue weighted by Gasteiger charge is 2.26. The topological polar surface area (TPSA) is 58.6 Å². The minimum Gasteiger partial charge on any atom is -0.379 e. The second-order valence-electron chi connectivity index (χ2n) is 5.70. The number of ether oxygens (including phenoxy) is 1. The summed E-state index contributed by atoms with van der Waals surface area (Å²) in [6, 6.07) is 0. The van der Waals surface area contributed by atoms with Gasteiger partial charge in [0.15, 0.2) is 0 Å². The predicted molar refractivity (Wildman–Crippen MR) is 77.8 cm³/mol. The summed E-state index contributed by atoms with van der Waals surface area (Å²) >= 11 is 0. The summed E-state index contributed by atoms with van der Waals surface area (Å²) < 4.78 is 5.32. The summed E-state index contributed by atoms with van der Waals surface area (Å²) in [6.07, 6.45) is 7.36. The van der Waals surface area contributed by atoms with Gasteiger partial charge in [-0.2, -0.15) is 0 Å². The van der Waals surface area contributed by atoms with E-state index in [4.69, 9.17) is 4.74 Å². The van der Waals surface area contributed by atoms with Crippen molar-refractivity contribution in [3.05, 3.63) is 24.3 Å². The number of piperidine rings is 1. The average Bonchev–Trinajstić information content (AvgIpc) is 2.57. The van der Waals surface area contributed by atoms with Crippen molar-refractivity contribution in [3.8, 4) is 0 Å². The normalized spacial score (nSPS) is 24.0. The van der Waals surface area contributed by atoms with Crippen LogP contribution in [-0.2, 0) is 9.53 Å². The first-order valence-corrected chi connectivity index (χ1v) is 7.67. The van der Waals surface area contributed by atoms with Gasteiger partial charge < -0.3 is 9.64 Å². The van der Waals surface area contributed by atoms with Crippen LogP contribution in [0.3, 0.4) is 0 Å². The molecule has 0 aliphatic carbocycles. The summed E-state index contributed by atoms with van der Waals surface area (Å²) in [7, 11) is 0. The van der Waals surface area contributed by atoms with E-state index in [9.17, 15) is 4.79 Å². The van der Waals surface area contributed by atoms with Crippen LogP contribution in [0.5, 0.6) is 0 Å². The van der Waals surface area contributed by atoms with Crippen molar-refractivity contribution in [1.82, 2.24) is 19.8 Å². The smallest absolute Gasteiger partial charge is 0.236 e. The number of carbonyl (C=O) groups excluding carboxylic acids is 1. The van der Waals surface area contributed by atoms with Crippen LogP contribution in [0.25, 0.3) is 0 Å². The molecule has 3 rings (SSSR count). The van der Waals surface area contributed by atoms with Crippen LogP contribution in [-0.4, -0.2) is 71.6 Å². The van der Waals surface area contributed by atoms with Crippen molar-refractivity contribution in [1.29, 1.82) is 0 Å². The number of amides is 1. The lowest BCUT2D eigenvalue weighted by Crippen LogP contribution is -2.47. The summed E-state index contributed by atoms with van der Waals surface area (Å²) in [5, 5.41) is 0. The molecule has 0 aromatic carbocycles. The van der Waals surface area contributed by atoms with Gasteiger partial charge in [0, 0.05) is 50.7 Å². The molecule has 21 heavy (non-hydrogen) atoms. The van der Waals surface area contributed by atoms with Gasteiger partial charge in [-0.05, 0) is 12.8 Å². The summed E-state index contributed by atoms with van der Waals surface area (Å²) in [5.74, 6) is 0.548. The SMILES string of the molecule is O=C(CN1CCOCC1)N1CCC[C@H](c2cnccn2)C1. The standard InChI is InChI=1S/C15H22N4O2/c20-15(12-18-6-8-21-9-7-18)19-5-1-2-13(11-19)14-10-16-3-4-17-14/h3-4,10,13H,1-2,5-9,11-12H2/t13-/m0/s1. The number of rotatable bonds is 3. The number of hydrogen-bond donors (Lipinski definition) is 0. The van der Waals surface area contributed by atoms with Crippen LogP contribution >= 0.6 is 0 Å². The van der Waals surface area contributed by atoms with E-state index >= 15 is 0 Å². The van der Waals surface area contributed by atoms with Crippen molar-refractivity contribution in [3.63, 3.8) is 0 Å². The first kappa shape index (κ1) is 14.4. The van der Waals surface area contributed by atoms with Crippen molar-refractivity contribution >= 4 is 5.91 Å². The van der Waals surface area contributed by atoms with E-state index in [1.54, 1.807) is 12.4 Å². The zero-order valence-corrected chi connectivity index (χ0v) is 12.3. The molecule has 2 aliphatic rings. The maximum Gasteiger partial charge on any atom is 0.236 e. The van der Waals surface area contributed by atoms with Gasteiger partial charge in [-0.25, -0.2) is 0 Å². The summed E-state index contributed by atoms with van der Waals surface area (Å²) in [6.45, 7) is 5.31. The highest BCUT2D eigenvalue weighted by molar-refractivity contribution is 5.78. The zero-order valence-electron chi connectivity index (χ0n) is 12.3. The van der Waals surface area contributed by atoms with Crippen LogP contribution < -0.4 is 0 Å². The molecule has 0 spiro atoms. The first-order chi connectivity index (χ1) is 10.3. The fourth-order valence-electron chi connectivity index (χ4n) is 3.02. The number of morpholine rings is 1. The number of aromatic nitrogens is 2. The lowest BCUT2D eigenvalue weighted by atomic mass is 9.95. The molecule has 0 saturated carbocycles. The third kappa shape index (κ3) is 3.77. The molecule has 1 aromatic rings. The van der Waals surface area contributed by atoms with Gasteiger partial charge in [-0.15, -0.1) is 0 Å². The van der Waals surface area contributed by atoms with Crippen molar-refractivity contribution in [2.45, 2.75) is 18.8 Å². The van der Waals surface area contributed by atoms with Crippen LogP contribution in [0.2, 0.25) is 0 Å². The minimum absolute atomic E-state index is 0.227. The Balaban J connectivity index is 1.56. The molecule has 1 aromatic heterocycles. The van der Waals surface area contributed by atoms with Gasteiger partial charge in [0.05, 0.1) is 25.5 Å². The molecule has 1 atom stereocenters. The number of hydrogen-bond acceptors (Lipinski definition) is 5. The number of nitrogens with zero attached hydrogens (tertiary/aromatic N) is 4. The molecule has 6 heteroatoms. The molecule has 2 fully saturated rings. The van der Waals surface area contributed by atoms with E-state index in [1.165, 1.54) is 0 Å². The Bertz CT molecular complexity index is 462. The Hall–Kier alpha value is -1.53. The second kappa shape index (κ2) is 6.95. The lowest BCUT2D eigenvalue weighted by molar-refractivity contribution is -0.134. The molecule has 0 N–H and O–H groups in total. The van der Waals surface area contributed by atoms with Crippen LogP contribution in [0.4, 0.5) is 0 Å². The summed E-state index contributed by atoms with van der Waals surface area (Å²) in [5.41, 5.74) is 1.00. The molecule has 2 aliphatic heterocycles. The van der Waals surface area contributed by atoms with Crippen LogP contribution in [0.15, 0.2) is 18.6 Å². The quantitative estimate of drug-likeness (QED) is 0.812. The summed E-state index contributed by atoms with van der Waals surface area (Å²) in [4.78, 5) is 25.1. The Kier molecular flexibility index (Phi) is 4.77. The van der Waals surface area contributed by atoms with Crippen LogP contribution in [0, 0.1) is 0 Å². The van der Waals surface area contributed by atoms with Crippen molar-refractivity contribution in [2.75, 3.05) is 45.9 Å². The molecule has 0 bridgehead atoms. The molecule has 114 valence electrons. The predicted octanol–water partition coefficient (Wildman–Crippen LogP) is 0.515. The second-order valence-corrected chi connectivity index (χ2v) is 5.70. The maximum absolute atomic E-state index is 12.5. The number of likely N-dealkylation sites (tertiary alicyclic amines) is 1. The highest BCUT2D eigenvalue weighted by atomic mass is 16.5. The van der Waals surface area contributed by atoms with E-state index in [1.807, 2.05) is 11.1 Å². The molecule has 3 heterocycles. The highest BCUT2D eigenvalue weighted by Crippen LogP contribution is 2.24. The van der Waals surface area contributed by atoms with Gasteiger partial charge in [-0.1, -0.05) is 0 Å². The van der Waals surface area contributed by atoms with Gasteiger partial charge in [-0.3, -0.25) is 19.7 Å². The van der Waals surface area contributed by atoms with Crippen molar-refractivity contribution in [2.24, 2.45) is 0 Å². The fraction of sp³-hybridized carbons (Fsp3) is 0.667. The largest absolute Gasteiger partial charge is 0.379 e. The minimum atomic E-state index is 0.227. The van der Waals surface area contributed by atoms with E-state index in [2.05, 4.69) is 14.9 Å². The van der Waals surface area contributed by atoms with Crippen molar-refractivity contribution < 1.29 is 9.53 Å². The van der Waals surface area contributed by atoms with Gasteiger partial charge >= 0.3 is 0 Å². The maximum atomic E-state index is 12.5. The molecule has 0 radical (unpaired) electrons. The average molecular weight is 290 g/mol. The van der Waals surface area contributed by atoms with E-state index in [0.717, 1.165) is 57.9 Å². The fourth-order valence-corrected chi connectivity index (χ4v) is 3.02. The van der Waals surface area contributed by atoms with Gasteiger partial charge in [0.25, 0.3) is 0 Å². The molecule has 6 nitrogen and oxygen atoms in total. The molecular weight excluding hydrogens is 268 g/mol. The third-order valence-corrected chi connectivity index (χ3v) is 4.24. The molecule has 0 unspecified atom stereocenters. The Morgan fingerprint density at radius 2 is 2.14 bits per heavy atom. The Morgan fingerprint density at radius 3 is 2.90 bits per heavy atom. The molecule has 1 amide bonds. The van der Waals surface area contributed by atoms with E-state index in [0.29, 0.717) is 12.5 Å². The monoisotopic (exact) mass is 290 g/mol. The van der Waals surface area contributed by atoms with Gasteiger partial charge in [0.1, 0.15) is 0 Å². The third-order valence-electron chi connectivity index (χ3n) is 4.24. The Morgan fingerprint density at radius 1 is 1.29 bits per heavy atom. The molecule has 2 saturated heterocycles. The van der Waals surface area contributed by atoms with E-state index < -0.39 is 0 Å². The molecular formula is C15H22N4O2. The number of carbonyl (C=O) groups is 1. The van der Waals surface area contributed by atoms with E-state index in [-0.39, 0.29) is 5.91 Å². The lowest BCUT2D eigenvalue weighted by Gasteiger charge is -2.34. The Labute approximate surface area is 125 Å². The van der Waals surface area contributed by atoms with Gasteiger partial charge in [0.2, 0.25) is 5.91 Å². The van der Waals surface area contributed by atoms with Crippen LogP contribution in [0.1, 0.15) is 24.5 Å². The zero-order chi connectivity index (χ0) is 14.5. The first-order valence-electron chi connectivity index (χ1n) is 7.67.